The number of hydrogen-bond donors (Lipinski definition) is 1. The average molecular weight is 523 g/mol. The molecule has 192 valence electrons. The van der Waals surface area contributed by atoms with E-state index in [0.29, 0.717) is 34.2 Å². The number of nitriles is 1. The van der Waals surface area contributed by atoms with Crippen LogP contribution >= 0.6 is 11.6 Å². The fourth-order valence-electron chi connectivity index (χ4n) is 5.10. The predicted octanol–water partition coefficient (Wildman–Crippen LogP) is 4.40. The Morgan fingerprint density at radius 1 is 1.16 bits per heavy atom. The minimum Gasteiger partial charge on any atom is -0.379 e. The summed E-state index contributed by atoms with van der Waals surface area (Å²) >= 11 is 5.90. The van der Waals surface area contributed by atoms with E-state index >= 15 is 0 Å². The van der Waals surface area contributed by atoms with E-state index in [1.807, 2.05) is 12.1 Å². The smallest absolute Gasteiger partial charge is 0.259 e. The monoisotopic (exact) mass is 522 g/mol. The number of anilines is 2. The highest BCUT2D eigenvalue weighted by atomic mass is 35.5. The number of piperidine rings is 1. The fraction of sp³-hybridized carbons (Fsp3) is 0.370. The largest absolute Gasteiger partial charge is 0.379 e. The molecule has 0 unspecified atom stereocenters. The number of nitrogens with one attached hydrogen (secondary N) is 1. The Morgan fingerprint density at radius 2 is 1.92 bits per heavy atom. The van der Waals surface area contributed by atoms with Crippen molar-refractivity contribution in [1.29, 1.82) is 5.26 Å². The standard InChI is InChI=1S/C27H28ClFN6O2/c1-18-23(17-31-35(18)22-3-4-25(29)24(28)15-22)27(36)32-20-2-5-26(19(14-20)16-30)34-8-6-21(7-9-34)33-10-12-37-13-11-33/h2-5,14-15,17,21H,6-13H2,1H3,(H,32,36). The maximum atomic E-state index is 13.5. The second-order valence-corrected chi connectivity index (χ2v) is 9.73. The molecular formula is C27H28ClFN6O2. The van der Waals surface area contributed by atoms with Gasteiger partial charge in [-0.15, -0.1) is 0 Å². The van der Waals surface area contributed by atoms with Crippen molar-refractivity contribution in [1.82, 2.24) is 14.7 Å². The zero-order chi connectivity index (χ0) is 25.9. The van der Waals surface area contributed by atoms with Crippen LogP contribution in [0.1, 0.15) is 34.5 Å². The van der Waals surface area contributed by atoms with Crippen LogP contribution in [0.25, 0.3) is 5.69 Å². The third-order valence-electron chi connectivity index (χ3n) is 7.14. The molecule has 2 aromatic carbocycles. The molecule has 5 rings (SSSR count). The molecule has 0 bridgehead atoms. The van der Waals surface area contributed by atoms with Gasteiger partial charge in [-0.3, -0.25) is 9.69 Å². The van der Waals surface area contributed by atoms with Gasteiger partial charge in [-0.25, -0.2) is 9.07 Å². The van der Waals surface area contributed by atoms with Gasteiger partial charge in [0.2, 0.25) is 0 Å². The normalized spacial score (nSPS) is 17.0. The molecule has 8 nitrogen and oxygen atoms in total. The quantitative estimate of drug-likeness (QED) is 0.534. The molecule has 0 radical (unpaired) electrons. The van der Waals surface area contributed by atoms with Gasteiger partial charge in [-0.1, -0.05) is 11.6 Å². The topological polar surface area (TPSA) is 86.4 Å². The average Bonchev–Trinajstić information content (AvgIpc) is 3.32. The first-order valence-electron chi connectivity index (χ1n) is 12.4. The first kappa shape index (κ1) is 25.2. The molecule has 2 saturated heterocycles. The number of hydrogen-bond acceptors (Lipinski definition) is 6. The molecule has 1 aromatic heterocycles. The third-order valence-corrected chi connectivity index (χ3v) is 7.43. The first-order valence-corrected chi connectivity index (χ1v) is 12.7. The summed E-state index contributed by atoms with van der Waals surface area (Å²) in [5, 5.41) is 17.0. The van der Waals surface area contributed by atoms with E-state index in [1.165, 1.54) is 23.0 Å². The molecule has 3 heterocycles. The molecule has 0 atom stereocenters. The summed E-state index contributed by atoms with van der Waals surface area (Å²) in [5.74, 6) is -0.869. The lowest BCUT2D eigenvalue weighted by Crippen LogP contribution is -2.49. The molecule has 2 fully saturated rings. The lowest BCUT2D eigenvalue weighted by Gasteiger charge is -2.41. The van der Waals surface area contributed by atoms with Crippen molar-refractivity contribution in [2.45, 2.75) is 25.8 Å². The lowest BCUT2D eigenvalue weighted by molar-refractivity contribution is 0.0115. The van der Waals surface area contributed by atoms with Gasteiger partial charge in [0.25, 0.3) is 5.91 Å². The van der Waals surface area contributed by atoms with Gasteiger partial charge in [-0.05, 0) is 56.2 Å². The Balaban J connectivity index is 1.26. The van der Waals surface area contributed by atoms with Crippen LogP contribution in [0, 0.1) is 24.1 Å². The van der Waals surface area contributed by atoms with Crippen LogP contribution in [0.15, 0.2) is 42.6 Å². The van der Waals surface area contributed by atoms with Gasteiger partial charge in [0.1, 0.15) is 11.9 Å². The zero-order valence-electron chi connectivity index (χ0n) is 20.6. The van der Waals surface area contributed by atoms with Crippen molar-refractivity contribution >= 4 is 28.9 Å². The molecule has 3 aromatic rings. The molecule has 37 heavy (non-hydrogen) atoms. The van der Waals surface area contributed by atoms with Crippen molar-refractivity contribution in [3.63, 3.8) is 0 Å². The number of carbonyl (C=O) groups excluding carboxylic acids is 1. The van der Waals surface area contributed by atoms with Gasteiger partial charge < -0.3 is 15.0 Å². The SMILES string of the molecule is Cc1c(C(=O)Nc2ccc(N3CCC(N4CCOCC4)CC3)c(C#N)c2)cnn1-c1ccc(F)c(Cl)c1. The number of aromatic nitrogens is 2. The Kier molecular flexibility index (Phi) is 7.42. The molecule has 10 heteroatoms. The maximum absolute atomic E-state index is 13.5. The van der Waals surface area contributed by atoms with E-state index in [0.717, 1.165) is 57.9 Å². The Labute approximate surface area is 220 Å². The van der Waals surface area contributed by atoms with Crippen molar-refractivity contribution in [2.24, 2.45) is 0 Å². The van der Waals surface area contributed by atoms with Crippen molar-refractivity contribution < 1.29 is 13.9 Å². The number of nitrogens with zero attached hydrogens (tertiary/aromatic N) is 5. The first-order chi connectivity index (χ1) is 17.9. The number of carbonyl (C=O) groups is 1. The third kappa shape index (κ3) is 5.32. The van der Waals surface area contributed by atoms with E-state index in [9.17, 15) is 14.4 Å². The number of amides is 1. The Hall–Kier alpha value is -3.45. The molecule has 1 N–H and O–H groups in total. The number of benzene rings is 2. The molecule has 0 aliphatic carbocycles. The summed E-state index contributed by atoms with van der Waals surface area (Å²) in [6.45, 7) is 7.09. The highest BCUT2D eigenvalue weighted by Crippen LogP contribution is 2.29. The lowest BCUT2D eigenvalue weighted by atomic mass is 10.0. The maximum Gasteiger partial charge on any atom is 0.259 e. The van der Waals surface area contributed by atoms with Gasteiger partial charge in [0.05, 0.1) is 52.6 Å². The molecule has 2 aliphatic heterocycles. The van der Waals surface area contributed by atoms with E-state index in [2.05, 4.69) is 26.3 Å². The number of ether oxygens (including phenoxy) is 1. The van der Waals surface area contributed by atoms with Crippen molar-refractivity contribution in [2.75, 3.05) is 49.6 Å². The summed E-state index contributed by atoms with van der Waals surface area (Å²) < 4.78 is 20.5. The number of rotatable bonds is 5. The van der Waals surface area contributed by atoms with Gasteiger partial charge >= 0.3 is 0 Å². The van der Waals surface area contributed by atoms with Crippen LogP contribution in [0.2, 0.25) is 5.02 Å². The van der Waals surface area contributed by atoms with Crippen LogP contribution in [-0.2, 0) is 4.74 Å². The molecular weight excluding hydrogens is 495 g/mol. The van der Waals surface area contributed by atoms with Crippen LogP contribution in [0.5, 0.6) is 0 Å². The highest BCUT2D eigenvalue weighted by Gasteiger charge is 2.27. The van der Waals surface area contributed by atoms with Crippen molar-refractivity contribution in [3.05, 3.63) is 70.3 Å². The fourth-order valence-corrected chi connectivity index (χ4v) is 5.28. The summed E-state index contributed by atoms with van der Waals surface area (Å²) in [5.41, 5.74) is 3.45. The van der Waals surface area contributed by atoms with Gasteiger partial charge in [0, 0.05) is 37.9 Å². The highest BCUT2D eigenvalue weighted by molar-refractivity contribution is 6.30. The summed E-state index contributed by atoms with van der Waals surface area (Å²) in [6, 6.07) is 12.5. The van der Waals surface area contributed by atoms with E-state index in [-0.39, 0.29) is 10.9 Å². The molecule has 2 aliphatic rings. The molecule has 0 spiro atoms. The second-order valence-electron chi connectivity index (χ2n) is 9.32. The molecule has 0 saturated carbocycles. The predicted molar refractivity (Wildman–Crippen MR) is 140 cm³/mol. The summed E-state index contributed by atoms with van der Waals surface area (Å²) in [4.78, 5) is 17.8. The van der Waals surface area contributed by atoms with Crippen LogP contribution in [0.3, 0.4) is 0 Å². The van der Waals surface area contributed by atoms with Gasteiger partial charge in [-0.2, -0.15) is 10.4 Å². The van der Waals surface area contributed by atoms with E-state index in [4.69, 9.17) is 16.3 Å². The number of halogens is 2. The van der Waals surface area contributed by atoms with E-state index < -0.39 is 5.82 Å². The minimum absolute atomic E-state index is 0.0205. The van der Waals surface area contributed by atoms with Crippen LogP contribution in [0.4, 0.5) is 15.8 Å². The van der Waals surface area contributed by atoms with E-state index in [1.54, 1.807) is 19.1 Å². The minimum atomic E-state index is -0.522. The Bertz CT molecular complexity index is 1340. The zero-order valence-corrected chi connectivity index (χ0v) is 21.3. The number of morpholine rings is 1. The second kappa shape index (κ2) is 10.9. The summed E-state index contributed by atoms with van der Waals surface area (Å²) in [7, 11) is 0. The van der Waals surface area contributed by atoms with Crippen LogP contribution in [-0.4, -0.2) is 66.0 Å². The van der Waals surface area contributed by atoms with Crippen LogP contribution < -0.4 is 10.2 Å². The van der Waals surface area contributed by atoms with Gasteiger partial charge in [0.15, 0.2) is 0 Å². The summed E-state index contributed by atoms with van der Waals surface area (Å²) in [6.07, 6.45) is 3.55. The molecule has 1 amide bonds. The van der Waals surface area contributed by atoms with Crippen molar-refractivity contribution in [3.8, 4) is 11.8 Å². The Morgan fingerprint density at radius 3 is 2.62 bits per heavy atom.